The molecule has 2 heteroatoms. The Morgan fingerprint density at radius 1 is 1.10 bits per heavy atom. The molecule has 0 unspecified atom stereocenters. The first-order valence-electron chi connectivity index (χ1n) is 2.95. The van der Waals surface area contributed by atoms with E-state index < -0.39 is 0 Å². The molecule has 0 saturated heterocycles. The molecule has 0 aromatic carbocycles. The number of rotatable bonds is 0. The summed E-state index contributed by atoms with van der Waals surface area (Å²) in [5.41, 5.74) is 2.91. The van der Waals surface area contributed by atoms with Crippen LogP contribution in [0.25, 0.3) is 0 Å². The fourth-order valence-corrected chi connectivity index (χ4v) is 0.809. The van der Waals surface area contributed by atoms with Gasteiger partial charge in [-0.15, -0.1) is 6.08 Å². The Kier molecular flexibility index (Phi) is 3.24. The number of ketones is 1. The van der Waals surface area contributed by atoms with Crippen LogP contribution in [0.1, 0.15) is 20.8 Å². The zero-order chi connectivity index (χ0) is 7.02. The van der Waals surface area contributed by atoms with Crippen molar-refractivity contribution in [2.24, 2.45) is 0 Å². The molecule has 0 radical (unpaired) electrons. The second kappa shape index (κ2) is 3.29. The summed E-state index contributed by atoms with van der Waals surface area (Å²) in [7, 11) is 0. The Bertz CT molecular complexity index is 223. The van der Waals surface area contributed by atoms with Crippen LogP contribution in [-0.2, 0) is 25.9 Å². The van der Waals surface area contributed by atoms with Gasteiger partial charge in [-0.3, -0.25) is 0 Å². The standard InChI is InChI=1S/C8H9O.W/c1-5-4-8(9)7(3)6(5)2;/h1-3H3;/q-1;. The minimum absolute atomic E-state index is 0. The molecular formula is C8H9OW-. The minimum atomic E-state index is 0. The van der Waals surface area contributed by atoms with Crippen LogP contribution in [0.15, 0.2) is 16.7 Å². The van der Waals surface area contributed by atoms with E-state index in [0.29, 0.717) is 0 Å². The van der Waals surface area contributed by atoms with E-state index in [-0.39, 0.29) is 26.8 Å². The smallest absolute Gasteiger partial charge is 0.0600 e. The molecule has 0 aromatic rings. The fraction of sp³-hybridized carbons (Fsp3) is 0.375. The Morgan fingerprint density at radius 2 is 1.60 bits per heavy atom. The van der Waals surface area contributed by atoms with Gasteiger partial charge in [0.2, 0.25) is 0 Å². The summed E-state index contributed by atoms with van der Waals surface area (Å²) in [6.45, 7) is 5.69. The van der Waals surface area contributed by atoms with Crippen molar-refractivity contribution in [1.29, 1.82) is 0 Å². The van der Waals surface area contributed by atoms with Crippen LogP contribution in [0, 0.1) is 6.08 Å². The first-order valence-corrected chi connectivity index (χ1v) is 2.95. The van der Waals surface area contributed by atoms with Crippen molar-refractivity contribution in [1.82, 2.24) is 0 Å². The van der Waals surface area contributed by atoms with Crippen LogP contribution >= 0.6 is 0 Å². The van der Waals surface area contributed by atoms with Gasteiger partial charge in [-0.1, -0.05) is 20.8 Å². The average molecular weight is 305 g/mol. The van der Waals surface area contributed by atoms with E-state index in [4.69, 9.17) is 0 Å². The molecule has 0 saturated carbocycles. The number of carbonyl (C=O) groups excluding carboxylic acids is 1. The van der Waals surface area contributed by atoms with E-state index in [1.54, 1.807) is 0 Å². The first kappa shape index (κ1) is 9.84. The van der Waals surface area contributed by atoms with Gasteiger partial charge in [0, 0.05) is 21.1 Å². The molecule has 0 fully saturated rings. The predicted octanol–water partition coefficient (Wildman–Crippen LogP) is 1.65. The Labute approximate surface area is 75.5 Å². The molecule has 1 rings (SSSR count). The number of allylic oxidation sites excluding steroid dienone is 4. The molecule has 1 aliphatic rings. The molecule has 0 atom stereocenters. The molecule has 1 aliphatic carbocycles. The SMILES string of the molecule is CC1=[C-]C(=O)C(C)=C1C.[W]. The summed E-state index contributed by atoms with van der Waals surface area (Å²) in [5.74, 6) is 0.0463. The third-order valence-electron chi connectivity index (χ3n) is 1.77. The normalized spacial score (nSPS) is 17.1. The molecule has 0 N–H and O–H groups in total. The van der Waals surface area contributed by atoms with Crippen LogP contribution in [-0.4, -0.2) is 5.78 Å². The second-order valence-electron chi connectivity index (χ2n) is 2.33. The maximum Gasteiger partial charge on any atom is 0.0600 e. The number of hydrogen-bond acceptors (Lipinski definition) is 1. The molecule has 10 heavy (non-hydrogen) atoms. The van der Waals surface area contributed by atoms with Gasteiger partial charge in [-0.25, -0.2) is 0 Å². The summed E-state index contributed by atoms with van der Waals surface area (Å²) in [4.78, 5) is 10.8. The van der Waals surface area contributed by atoms with Crippen molar-refractivity contribution in [2.75, 3.05) is 0 Å². The van der Waals surface area contributed by atoms with Gasteiger partial charge in [0.05, 0.1) is 5.78 Å². The molecule has 0 heterocycles. The molecule has 1 nitrogen and oxygen atoms in total. The molecular weight excluding hydrogens is 296 g/mol. The van der Waals surface area contributed by atoms with Crippen LogP contribution in [0.3, 0.4) is 0 Å². The van der Waals surface area contributed by atoms with E-state index in [0.717, 1.165) is 16.7 Å². The molecule has 0 aromatic heterocycles. The van der Waals surface area contributed by atoms with E-state index in [2.05, 4.69) is 6.08 Å². The summed E-state index contributed by atoms with van der Waals surface area (Å²) in [6, 6.07) is 0. The summed E-state index contributed by atoms with van der Waals surface area (Å²) in [6.07, 6.45) is 2.72. The molecule has 54 valence electrons. The number of hydrogen-bond donors (Lipinski definition) is 0. The van der Waals surface area contributed by atoms with Gasteiger partial charge in [-0.05, 0) is 0 Å². The van der Waals surface area contributed by atoms with Gasteiger partial charge in [0.15, 0.2) is 0 Å². The third kappa shape index (κ3) is 1.46. The third-order valence-corrected chi connectivity index (χ3v) is 1.77. The van der Waals surface area contributed by atoms with Crippen LogP contribution in [0.4, 0.5) is 0 Å². The summed E-state index contributed by atoms with van der Waals surface area (Å²) >= 11 is 0. The minimum Gasteiger partial charge on any atom is -0.320 e. The van der Waals surface area contributed by atoms with Gasteiger partial charge in [-0.2, -0.15) is 16.7 Å². The van der Waals surface area contributed by atoms with Gasteiger partial charge < -0.3 is 4.79 Å². The fourth-order valence-electron chi connectivity index (χ4n) is 0.809. The Balaban J connectivity index is 0.000000810. The Morgan fingerprint density at radius 3 is 1.70 bits per heavy atom. The van der Waals surface area contributed by atoms with E-state index >= 15 is 0 Å². The van der Waals surface area contributed by atoms with Crippen LogP contribution in [0.5, 0.6) is 0 Å². The van der Waals surface area contributed by atoms with Crippen LogP contribution in [0.2, 0.25) is 0 Å². The Hall–Kier alpha value is -0.162. The van der Waals surface area contributed by atoms with Gasteiger partial charge in [0.1, 0.15) is 0 Å². The summed E-state index contributed by atoms with van der Waals surface area (Å²) in [5, 5.41) is 0. The van der Waals surface area contributed by atoms with Crippen molar-refractivity contribution < 1.29 is 25.9 Å². The van der Waals surface area contributed by atoms with E-state index in [9.17, 15) is 4.79 Å². The maximum atomic E-state index is 10.8. The van der Waals surface area contributed by atoms with E-state index in [1.807, 2.05) is 20.8 Å². The van der Waals surface area contributed by atoms with Gasteiger partial charge >= 0.3 is 0 Å². The molecule has 0 amide bonds. The monoisotopic (exact) mass is 305 g/mol. The van der Waals surface area contributed by atoms with Crippen molar-refractivity contribution in [2.45, 2.75) is 20.8 Å². The zero-order valence-corrected chi connectivity index (χ0v) is 9.25. The van der Waals surface area contributed by atoms with Crippen molar-refractivity contribution >= 4 is 5.78 Å². The average Bonchev–Trinajstić information content (AvgIpc) is 1.98. The quantitative estimate of drug-likeness (QED) is 0.622. The van der Waals surface area contributed by atoms with E-state index in [1.165, 1.54) is 0 Å². The molecule has 0 aliphatic heterocycles. The topological polar surface area (TPSA) is 17.1 Å². The summed E-state index contributed by atoms with van der Waals surface area (Å²) < 4.78 is 0. The molecule has 0 spiro atoms. The maximum absolute atomic E-state index is 10.8. The zero-order valence-electron chi connectivity index (χ0n) is 6.32. The number of Topliss-reactive ketones (excluding diaryl/α,β-unsaturated/α-hetero) is 1. The van der Waals surface area contributed by atoms with Crippen LogP contribution < -0.4 is 0 Å². The largest absolute Gasteiger partial charge is 0.320 e. The van der Waals surface area contributed by atoms with Crippen molar-refractivity contribution in [3.8, 4) is 0 Å². The second-order valence-corrected chi connectivity index (χ2v) is 2.33. The van der Waals surface area contributed by atoms with Gasteiger partial charge in [0.25, 0.3) is 0 Å². The van der Waals surface area contributed by atoms with Crippen molar-refractivity contribution in [3.63, 3.8) is 0 Å². The number of carbonyl (C=O) groups is 1. The van der Waals surface area contributed by atoms with Crippen molar-refractivity contribution in [3.05, 3.63) is 22.8 Å². The molecule has 0 bridgehead atoms. The predicted molar refractivity (Wildman–Crippen MR) is 35.8 cm³/mol. The first-order chi connectivity index (χ1) is 4.13.